The van der Waals surface area contributed by atoms with Crippen LogP contribution in [0.1, 0.15) is 19.4 Å². The summed E-state index contributed by atoms with van der Waals surface area (Å²) in [6, 6.07) is 14.2. The molecule has 0 radical (unpaired) electrons. The lowest BCUT2D eigenvalue weighted by Gasteiger charge is -2.26. The van der Waals surface area contributed by atoms with E-state index in [4.69, 9.17) is 0 Å². The Morgan fingerprint density at radius 3 is 2.31 bits per heavy atom. The van der Waals surface area contributed by atoms with E-state index in [1.807, 2.05) is 57.1 Å². The number of benzene rings is 2. The number of rotatable bonds is 10. The molecule has 29 heavy (non-hydrogen) atoms. The van der Waals surface area contributed by atoms with Crippen molar-refractivity contribution in [1.82, 2.24) is 14.7 Å². The molecule has 0 aliphatic carbocycles. The fourth-order valence-electron chi connectivity index (χ4n) is 3.30. The second-order valence-electron chi connectivity index (χ2n) is 7.73. The molecule has 2 aromatic rings. The highest BCUT2D eigenvalue weighted by Gasteiger charge is 2.16. The number of carbonyl (C=O) groups excluding carboxylic acids is 2. The Labute approximate surface area is 174 Å². The fourth-order valence-corrected chi connectivity index (χ4v) is 3.30. The number of hydrogen-bond acceptors (Lipinski definition) is 3. The maximum atomic E-state index is 12.7. The summed E-state index contributed by atoms with van der Waals surface area (Å²) in [5.74, 6) is 0.168. The van der Waals surface area contributed by atoms with E-state index in [1.165, 1.54) is 0 Å². The minimum absolute atomic E-state index is 0.0820. The van der Waals surface area contributed by atoms with Gasteiger partial charge in [-0.25, -0.2) is 0 Å². The molecule has 156 valence electrons. The number of carbonyl (C=O) groups is 2. The molecular formula is C24H33N3O2. The Bertz CT molecular complexity index is 857. The van der Waals surface area contributed by atoms with E-state index in [1.54, 1.807) is 9.80 Å². The van der Waals surface area contributed by atoms with Gasteiger partial charge < -0.3 is 9.80 Å². The van der Waals surface area contributed by atoms with Crippen LogP contribution in [0.2, 0.25) is 0 Å². The van der Waals surface area contributed by atoms with Crippen molar-refractivity contribution in [1.29, 1.82) is 0 Å². The third-order valence-corrected chi connectivity index (χ3v) is 5.06. The highest BCUT2D eigenvalue weighted by atomic mass is 16.2. The zero-order valence-electron chi connectivity index (χ0n) is 18.1. The molecule has 0 bridgehead atoms. The number of fused-ring (bicyclic) bond motifs is 1. The largest absolute Gasteiger partial charge is 0.344 e. The minimum atomic E-state index is 0.0820. The SMILES string of the molecule is C=C(C)CN(CC)C(=O)CN(C)CCN(C)C(=O)Cc1cccc2ccccc12. The normalized spacial score (nSPS) is 10.9. The van der Waals surface area contributed by atoms with E-state index < -0.39 is 0 Å². The van der Waals surface area contributed by atoms with E-state index >= 15 is 0 Å². The van der Waals surface area contributed by atoms with E-state index in [0.717, 1.165) is 21.9 Å². The summed E-state index contributed by atoms with van der Waals surface area (Å²) in [4.78, 5) is 30.6. The van der Waals surface area contributed by atoms with Gasteiger partial charge in [-0.1, -0.05) is 54.6 Å². The Balaban J connectivity index is 1.86. The van der Waals surface area contributed by atoms with Crippen LogP contribution in [0.4, 0.5) is 0 Å². The molecule has 0 saturated carbocycles. The summed E-state index contributed by atoms with van der Waals surface area (Å²) in [7, 11) is 3.73. The Kier molecular flexibility index (Phi) is 8.40. The van der Waals surface area contributed by atoms with Gasteiger partial charge in [-0.3, -0.25) is 14.5 Å². The first-order valence-electron chi connectivity index (χ1n) is 10.1. The van der Waals surface area contributed by atoms with Gasteiger partial charge >= 0.3 is 0 Å². The second-order valence-corrected chi connectivity index (χ2v) is 7.73. The quantitative estimate of drug-likeness (QED) is 0.580. The van der Waals surface area contributed by atoms with Crippen molar-refractivity contribution in [2.24, 2.45) is 0 Å². The Hall–Kier alpha value is -2.66. The first-order valence-corrected chi connectivity index (χ1v) is 10.1. The van der Waals surface area contributed by atoms with Crippen LogP contribution in [0.3, 0.4) is 0 Å². The van der Waals surface area contributed by atoms with Crippen molar-refractivity contribution >= 4 is 22.6 Å². The molecule has 0 spiro atoms. The van der Waals surface area contributed by atoms with Crippen LogP contribution in [0.25, 0.3) is 10.8 Å². The van der Waals surface area contributed by atoms with E-state index in [0.29, 0.717) is 39.1 Å². The summed E-state index contributed by atoms with van der Waals surface area (Å²) in [6.45, 7) is 10.6. The second kappa shape index (κ2) is 10.8. The smallest absolute Gasteiger partial charge is 0.237 e. The molecule has 0 saturated heterocycles. The number of likely N-dealkylation sites (N-methyl/N-ethyl adjacent to an activating group) is 3. The van der Waals surface area contributed by atoms with Crippen molar-refractivity contribution in [2.75, 3.05) is 46.8 Å². The topological polar surface area (TPSA) is 43.9 Å². The Morgan fingerprint density at radius 2 is 1.62 bits per heavy atom. The fraction of sp³-hybridized carbons (Fsp3) is 0.417. The number of hydrogen-bond donors (Lipinski definition) is 0. The number of amides is 2. The summed E-state index contributed by atoms with van der Waals surface area (Å²) in [5, 5.41) is 2.27. The van der Waals surface area contributed by atoms with Gasteiger partial charge in [0.1, 0.15) is 0 Å². The van der Waals surface area contributed by atoms with Gasteiger partial charge in [0.25, 0.3) is 0 Å². The van der Waals surface area contributed by atoms with Crippen LogP contribution in [0, 0.1) is 0 Å². The molecule has 0 aromatic heterocycles. The van der Waals surface area contributed by atoms with Crippen molar-refractivity contribution in [3.63, 3.8) is 0 Å². The third-order valence-electron chi connectivity index (χ3n) is 5.06. The standard InChI is InChI=1S/C24H33N3O2/c1-6-27(17-19(2)3)24(29)18-25(4)14-15-26(5)23(28)16-21-12-9-11-20-10-7-8-13-22(20)21/h7-13H,2,6,14-18H2,1,3-5H3. The molecule has 0 atom stereocenters. The van der Waals surface area contributed by atoms with Gasteiger partial charge in [0.05, 0.1) is 13.0 Å². The average molecular weight is 396 g/mol. The van der Waals surface area contributed by atoms with Crippen LogP contribution < -0.4 is 0 Å². The van der Waals surface area contributed by atoms with Crippen LogP contribution in [-0.4, -0.2) is 73.3 Å². The molecule has 2 amide bonds. The number of nitrogens with zero attached hydrogens (tertiary/aromatic N) is 3. The van der Waals surface area contributed by atoms with Crippen molar-refractivity contribution in [3.8, 4) is 0 Å². The van der Waals surface area contributed by atoms with Crippen LogP contribution >= 0.6 is 0 Å². The summed E-state index contributed by atoms with van der Waals surface area (Å²) >= 11 is 0. The minimum Gasteiger partial charge on any atom is -0.344 e. The van der Waals surface area contributed by atoms with Gasteiger partial charge in [-0.05, 0) is 37.2 Å². The maximum absolute atomic E-state index is 12.7. The molecule has 0 fully saturated rings. The van der Waals surface area contributed by atoms with Gasteiger partial charge in [-0.2, -0.15) is 0 Å². The van der Waals surface area contributed by atoms with Crippen molar-refractivity contribution < 1.29 is 9.59 Å². The summed E-state index contributed by atoms with van der Waals surface area (Å²) in [6.07, 6.45) is 0.378. The predicted molar refractivity (Wildman–Crippen MR) is 120 cm³/mol. The lowest BCUT2D eigenvalue weighted by atomic mass is 10.0. The molecule has 0 aliphatic rings. The van der Waals surface area contributed by atoms with Crippen LogP contribution in [0.5, 0.6) is 0 Å². The van der Waals surface area contributed by atoms with E-state index in [-0.39, 0.29) is 11.8 Å². The predicted octanol–water partition coefficient (Wildman–Crippen LogP) is 3.20. The van der Waals surface area contributed by atoms with E-state index in [9.17, 15) is 9.59 Å². The van der Waals surface area contributed by atoms with Gasteiger partial charge in [0.15, 0.2) is 0 Å². The molecule has 5 heteroatoms. The van der Waals surface area contributed by atoms with Gasteiger partial charge in [0.2, 0.25) is 11.8 Å². The van der Waals surface area contributed by atoms with E-state index in [2.05, 4.69) is 24.8 Å². The highest BCUT2D eigenvalue weighted by molar-refractivity contribution is 5.90. The summed E-state index contributed by atoms with van der Waals surface area (Å²) in [5.41, 5.74) is 2.02. The lowest BCUT2D eigenvalue weighted by molar-refractivity contribution is -0.131. The molecule has 0 heterocycles. The molecule has 0 aliphatic heterocycles. The molecular weight excluding hydrogens is 362 g/mol. The monoisotopic (exact) mass is 395 g/mol. The van der Waals surface area contributed by atoms with Crippen molar-refractivity contribution in [2.45, 2.75) is 20.3 Å². The molecule has 5 nitrogen and oxygen atoms in total. The lowest BCUT2D eigenvalue weighted by Crippen LogP contribution is -2.42. The summed E-state index contributed by atoms with van der Waals surface area (Å²) < 4.78 is 0. The first-order chi connectivity index (χ1) is 13.8. The molecule has 2 rings (SSSR count). The third kappa shape index (κ3) is 6.71. The zero-order valence-corrected chi connectivity index (χ0v) is 18.1. The molecule has 2 aromatic carbocycles. The zero-order chi connectivity index (χ0) is 21.4. The first kappa shape index (κ1) is 22.6. The molecule has 0 N–H and O–H groups in total. The van der Waals surface area contributed by atoms with Gasteiger partial charge in [-0.15, -0.1) is 0 Å². The maximum Gasteiger partial charge on any atom is 0.237 e. The molecule has 0 unspecified atom stereocenters. The van der Waals surface area contributed by atoms with Crippen LogP contribution in [0.15, 0.2) is 54.6 Å². The van der Waals surface area contributed by atoms with Gasteiger partial charge in [0, 0.05) is 33.2 Å². The average Bonchev–Trinajstić information content (AvgIpc) is 2.70. The van der Waals surface area contributed by atoms with Crippen molar-refractivity contribution in [3.05, 3.63) is 60.2 Å². The van der Waals surface area contributed by atoms with Crippen LogP contribution in [-0.2, 0) is 16.0 Å². The highest BCUT2D eigenvalue weighted by Crippen LogP contribution is 2.19. The Morgan fingerprint density at radius 1 is 0.931 bits per heavy atom.